The van der Waals surface area contributed by atoms with Gasteiger partial charge in [0.1, 0.15) is 48.0 Å². The highest BCUT2D eigenvalue weighted by molar-refractivity contribution is 7.53. The third kappa shape index (κ3) is 4.69. The summed E-state index contributed by atoms with van der Waals surface area (Å²) < 4.78 is 56.5. The Hall–Kier alpha value is -3.20. The molecule has 3 aliphatic rings. The molecule has 4 aromatic heterocycles. The normalized spacial score (nSPS) is 38.6. The van der Waals surface area contributed by atoms with Crippen molar-refractivity contribution in [1.82, 2.24) is 39.0 Å². The Balaban J connectivity index is 1.20. The highest BCUT2D eigenvalue weighted by Crippen LogP contribution is 2.58. The summed E-state index contributed by atoms with van der Waals surface area (Å²) in [5.74, 6) is 0.0528. The fourth-order valence-electron chi connectivity index (χ4n) is 5.44. The second-order valence-electron chi connectivity index (χ2n) is 9.93. The molecule has 230 valence electrons. The predicted octanol–water partition coefficient (Wildman–Crippen LogP) is -1.86. The molecule has 0 radical (unpaired) electrons. The molecule has 23 heteroatoms. The van der Waals surface area contributed by atoms with E-state index in [1.54, 1.807) is 0 Å². The fraction of sp³-hybridized carbons (Fsp3) is 0.500. The minimum absolute atomic E-state index is 0.000341. The molecule has 0 amide bonds. The number of nitrogens with two attached hydrogens (primary N) is 1. The molecular weight excluding hydrogens is 620 g/mol. The molecule has 3 fully saturated rings. The van der Waals surface area contributed by atoms with Crippen molar-refractivity contribution in [3.05, 3.63) is 35.7 Å². The predicted molar refractivity (Wildman–Crippen MR) is 138 cm³/mol. The molecule has 7 N–H and O–H groups in total. The van der Waals surface area contributed by atoms with Crippen LogP contribution in [0.15, 0.2) is 30.1 Å². The van der Waals surface area contributed by atoms with Gasteiger partial charge in [0.05, 0.1) is 32.2 Å². The summed E-state index contributed by atoms with van der Waals surface area (Å²) in [6.45, 7) is -1.55. The first-order chi connectivity index (χ1) is 20.4. The lowest BCUT2D eigenvalue weighted by atomic mass is 10.1. The molecule has 3 saturated heterocycles. The molecule has 0 saturated carbocycles. The Morgan fingerprint density at radius 1 is 0.884 bits per heavy atom. The lowest BCUT2D eigenvalue weighted by Gasteiger charge is -2.25. The van der Waals surface area contributed by atoms with Gasteiger partial charge in [-0.2, -0.15) is 0 Å². The number of hydrogen-bond donors (Lipinski definition) is 6. The maximum atomic E-state index is 13.6. The Bertz CT molecular complexity index is 1870. The van der Waals surface area contributed by atoms with Crippen molar-refractivity contribution in [2.45, 2.75) is 48.6 Å². The summed E-state index contributed by atoms with van der Waals surface area (Å²) in [4.78, 5) is 56.1. The zero-order valence-corrected chi connectivity index (χ0v) is 23.3. The number of aliphatic hydroxyl groups is 2. The summed E-state index contributed by atoms with van der Waals surface area (Å²) in [6, 6.07) is 0. The van der Waals surface area contributed by atoms with Crippen LogP contribution in [0.25, 0.3) is 22.3 Å². The van der Waals surface area contributed by atoms with Gasteiger partial charge in [-0.15, -0.1) is 0 Å². The molecule has 0 bridgehead atoms. The van der Waals surface area contributed by atoms with Gasteiger partial charge in [0.15, 0.2) is 35.1 Å². The van der Waals surface area contributed by atoms with Gasteiger partial charge < -0.3 is 44.7 Å². The van der Waals surface area contributed by atoms with Crippen molar-refractivity contribution in [3.63, 3.8) is 0 Å². The Kier molecular flexibility index (Phi) is 6.76. The Morgan fingerprint density at radius 3 is 2.30 bits per heavy atom. The van der Waals surface area contributed by atoms with Crippen LogP contribution in [-0.2, 0) is 32.2 Å². The zero-order chi connectivity index (χ0) is 30.3. The first kappa shape index (κ1) is 28.6. The van der Waals surface area contributed by atoms with Gasteiger partial charge in [-0.05, 0) is 0 Å². The molecule has 43 heavy (non-hydrogen) atoms. The number of phosphoric acid groups is 1. The van der Waals surface area contributed by atoms with Crippen molar-refractivity contribution in [3.8, 4) is 0 Å². The lowest BCUT2D eigenvalue weighted by molar-refractivity contribution is -0.0536. The zero-order valence-electron chi connectivity index (χ0n) is 21.5. The van der Waals surface area contributed by atoms with Crippen LogP contribution < -0.4 is 11.3 Å². The molecule has 21 nitrogen and oxygen atoms in total. The van der Waals surface area contributed by atoms with Crippen molar-refractivity contribution in [1.29, 1.82) is 0 Å². The molecule has 4 aromatic rings. The summed E-state index contributed by atoms with van der Waals surface area (Å²) in [5, 5.41) is 22.3. The van der Waals surface area contributed by atoms with E-state index in [-0.39, 0.29) is 28.1 Å². The van der Waals surface area contributed by atoms with E-state index >= 15 is 0 Å². The average molecular weight is 643 g/mol. The van der Waals surface area contributed by atoms with Gasteiger partial charge in [-0.1, -0.05) is 0 Å². The Morgan fingerprint density at radius 2 is 1.53 bits per heavy atom. The van der Waals surface area contributed by atoms with Gasteiger partial charge in [-0.3, -0.25) is 27.5 Å². The first-order valence-electron chi connectivity index (χ1n) is 12.6. The minimum atomic E-state index is -5.00. The number of nitrogens with one attached hydrogen (secondary N) is 1. The number of anilines is 1. The van der Waals surface area contributed by atoms with E-state index in [4.69, 9.17) is 28.8 Å². The standard InChI is InChI=1S/C20H23N9O12P2/c21-15-9-16(23-3-22-15)28(5-26-9)19-11(30)13-7(39-19)1-37-42(33,34)14-8(2-38-43(35,36)41-13)40-20(12(14)31)29-6-27-10-17(29)24-4-25-18(10)32/h3-8,11-14,19-20,30-31H,1-2H2,(H,33,34)(H,35,36)(H2,21,22,23)(H,24,25,32)/t7-,8-,11-,12-,13-,14-,19-,20-/m1/s1. The molecule has 10 atom stereocenters. The summed E-state index contributed by atoms with van der Waals surface area (Å²) in [5.41, 5.74) is 3.82. The maximum absolute atomic E-state index is 13.6. The van der Waals surface area contributed by atoms with Crippen LogP contribution in [0.4, 0.5) is 5.82 Å². The van der Waals surface area contributed by atoms with Crippen LogP contribution in [0.3, 0.4) is 0 Å². The summed E-state index contributed by atoms with van der Waals surface area (Å²) >= 11 is 0. The molecular formula is C20H23N9O12P2. The summed E-state index contributed by atoms with van der Waals surface area (Å²) in [7, 11) is -9.85. The number of nitrogen functional groups attached to an aromatic ring is 1. The molecule has 7 heterocycles. The second kappa shape index (κ2) is 10.2. The lowest BCUT2D eigenvalue weighted by Crippen LogP contribution is -2.36. The van der Waals surface area contributed by atoms with E-state index in [1.807, 2.05) is 0 Å². The number of aromatic amines is 1. The molecule has 0 spiro atoms. The maximum Gasteiger partial charge on any atom is 0.472 e. The number of phosphoric ester groups is 1. The van der Waals surface area contributed by atoms with Gasteiger partial charge in [0.2, 0.25) is 0 Å². The van der Waals surface area contributed by atoms with Crippen LogP contribution in [0.1, 0.15) is 12.5 Å². The fourth-order valence-corrected chi connectivity index (χ4v) is 8.04. The monoisotopic (exact) mass is 643 g/mol. The van der Waals surface area contributed by atoms with Gasteiger partial charge in [-0.25, -0.2) is 29.5 Å². The third-order valence-corrected chi connectivity index (χ3v) is 10.3. The van der Waals surface area contributed by atoms with Crippen LogP contribution in [0.5, 0.6) is 0 Å². The van der Waals surface area contributed by atoms with Crippen LogP contribution in [0.2, 0.25) is 0 Å². The van der Waals surface area contributed by atoms with E-state index < -0.39 is 82.8 Å². The minimum Gasteiger partial charge on any atom is -0.387 e. The van der Waals surface area contributed by atoms with Crippen molar-refractivity contribution in [2.75, 3.05) is 18.9 Å². The van der Waals surface area contributed by atoms with Crippen LogP contribution in [0, 0.1) is 0 Å². The number of fused-ring (bicyclic) bond motifs is 4. The van der Waals surface area contributed by atoms with E-state index in [2.05, 4.69) is 29.9 Å². The third-order valence-electron chi connectivity index (χ3n) is 7.40. The second-order valence-corrected chi connectivity index (χ2v) is 13.3. The number of ether oxygens (including phenoxy) is 2. The number of aliphatic hydroxyl groups excluding tert-OH is 2. The van der Waals surface area contributed by atoms with Crippen molar-refractivity contribution >= 4 is 43.6 Å². The molecule has 2 unspecified atom stereocenters. The number of H-pyrrole nitrogens is 1. The molecule has 0 aromatic carbocycles. The summed E-state index contributed by atoms with van der Waals surface area (Å²) in [6.07, 6.45) is -6.00. The number of imidazole rings is 2. The number of hydrogen-bond acceptors (Lipinski definition) is 16. The highest BCUT2D eigenvalue weighted by atomic mass is 31.2. The number of aromatic nitrogens is 8. The quantitative estimate of drug-likeness (QED) is 0.131. The van der Waals surface area contributed by atoms with E-state index in [9.17, 15) is 33.9 Å². The average Bonchev–Trinajstić information content (AvgIpc) is 3.71. The van der Waals surface area contributed by atoms with E-state index in [1.165, 1.54) is 15.5 Å². The largest absolute Gasteiger partial charge is 0.472 e. The number of nitrogens with zero attached hydrogens (tertiary/aromatic N) is 7. The highest BCUT2D eigenvalue weighted by Gasteiger charge is 2.57. The first-order valence-corrected chi connectivity index (χ1v) is 15.7. The molecule has 7 rings (SSSR count). The van der Waals surface area contributed by atoms with Gasteiger partial charge in [0, 0.05) is 0 Å². The SMILES string of the molecule is Nc1ncnc2c1ncn2[C@@H]1O[C@@H]2COP(=O)(O)[C@H]3[C@@H](O)[C@H](n4cnc5c(=O)[nH]cnc54)O[C@@H]3COP(=O)(O)O[C@H]2[C@H]1O. The van der Waals surface area contributed by atoms with Crippen LogP contribution >= 0.6 is 15.4 Å². The molecule has 3 aliphatic heterocycles. The number of rotatable bonds is 2. The van der Waals surface area contributed by atoms with Crippen LogP contribution in [-0.4, -0.2) is 108 Å². The van der Waals surface area contributed by atoms with Gasteiger partial charge >= 0.3 is 15.4 Å². The van der Waals surface area contributed by atoms with E-state index in [0.717, 1.165) is 19.0 Å². The smallest absolute Gasteiger partial charge is 0.387 e. The Labute approximate surface area is 238 Å². The van der Waals surface area contributed by atoms with Crippen molar-refractivity contribution < 1.29 is 52.2 Å². The van der Waals surface area contributed by atoms with E-state index in [0.29, 0.717) is 0 Å². The molecule has 0 aliphatic carbocycles. The topological polar surface area (TPSA) is 294 Å². The van der Waals surface area contributed by atoms with Gasteiger partial charge in [0.25, 0.3) is 5.56 Å². The van der Waals surface area contributed by atoms with Crippen molar-refractivity contribution in [2.24, 2.45) is 0 Å².